The first-order valence-electron chi connectivity index (χ1n) is 37.8. The molecule has 0 aromatic carbocycles. The summed E-state index contributed by atoms with van der Waals surface area (Å²) in [7, 11) is 5.94. The van der Waals surface area contributed by atoms with Gasteiger partial charge < -0.3 is 68.4 Å². The van der Waals surface area contributed by atoms with E-state index < -0.39 is 12.2 Å². The van der Waals surface area contributed by atoms with Crippen molar-refractivity contribution in [3.8, 4) is 0 Å². The number of nitrogens with one attached hydrogen (secondary N) is 4. The van der Waals surface area contributed by atoms with E-state index in [9.17, 15) is 28.8 Å². The van der Waals surface area contributed by atoms with Crippen molar-refractivity contribution in [3.63, 3.8) is 0 Å². The number of rotatable bonds is 37. The zero-order valence-corrected chi connectivity index (χ0v) is 62.6. The first-order chi connectivity index (χ1) is 45.2. The van der Waals surface area contributed by atoms with Crippen LogP contribution in [0.3, 0.4) is 0 Å². The number of halogens is 1. The van der Waals surface area contributed by atoms with Gasteiger partial charge in [-0.25, -0.2) is 14.4 Å². The second-order valence-corrected chi connectivity index (χ2v) is 30.4. The van der Waals surface area contributed by atoms with Crippen LogP contribution >= 0.6 is 17.0 Å². The number of quaternary nitrogens is 1. The van der Waals surface area contributed by atoms with Gasteiger partial charge in [0.2, 0.25) is 5.91 Å². The first-order valence-corrected chi connectivity index (χ1v) is 37.8. The van der Waals surface area contributed by atoms with Crippen LogP contribution in [0.2, 0.25) is 0 Å². The van der Waals surface area contributed by atoms with E-state index >= 15 is 0 Å². The molecule has 6 saturated carbocycles. The fourth-order valence-corrected chi connectivity index (χ4v) is 16.6. The van der Waals surface area contributed by atoms with Crippen molar-refractivity contribution >= 4 is 53.1 Å². The third-order valence-electron chi connectivity index (χ3n) is 20.8. The molecule has 6 aliphatic carbocycles. The number of hydrogen-bond acceptors (Lipinski definition) is 15. The zero-order valence-electron chi connectivity index (χ0n) is 60.9. The molecule has 16 unspecified atom stereocenters. The van der Waals surface area contributed by atoms with E-state index in [2.05, 4.69) is 49.2 Å². The van der Waals surface area contributed by atoms with Gasteiger partial charge in [0, 0.05) is 51.0 Å². The molecular formula is C74H135BrN5O15+. The highest BCUT2D eigenvalue weighted by Crippen LogP contribution is 2.42. The van der Waals surface area contributed by atoms with Crippen LogP contribution in [-0.4, -0.2) is 176 Å². The summed E-state index contributed by atoms with van der Waals surface area (Å²) in [6.45, 7) is 18.3. The van der Waals surface area contributed by atoms with Crippen LogP contribution in [0.5, 0.6) is 0 Å². The first kappa shape index (κ1) is 83.9. The monoisotopic (exact) mass is 1410 g/mol. The molecule has 0 aromatic heterocycles. The number of unbranched alkanes of at least 4 members (excludes halogenated alkanes) is 1. The zero-order chi connectivity index (χ0) is 68.1. The van der Waals surface area contributed by atoms with Gasteiger partial charge in [0.05, 0.1) is 79.1 Å². The highest BCUT2D eigenvalue weighted by atomic mass is 79.9. The van der Waals surface area contributed by atoms with Gasteiger partial charge in [-0.15, -0.1) is 17.0 Å². The minimum absolute atomic E-state index is 0. The maximum Gasteiger partial charge on any atom is 0.407 e. The molecule has 0 aromatic rings. The predicted octanol–water partition coefficient (Wildman–Crippen LogP) is 14.3. The van der Waals surface area contributed by atoms with Gasteiger partial charge in [0.1, 0.15) is 19.3 Å². The summed E-state index contributed by atoms with van der Waals surface area (Å²) in [5.41, 5.74) is 0. The van der Waals surface area contributed by atoms with Crippen LogP contribution < -0.4 is 21.3 Å². The van der Waals surface area contributed by atoms with Crippen LogP contribution in [0.25, 0.3) is 0 Å². The molecule has 6 fully saturated rings. The molecule has 95 heavy (non-hydrogen) atoms. The molecule has 0 aliphatic heterocycles. The van der Waals surface area contributed by atoms with E-state index in [4.69, 9.17) is 42.6 Å². The number of alkyl carbamates (subject to hydrolysis) is 3. The lowest BCUT2D eigenvalue weighted by Gasteiger charge is -2.35. The summed E-state index contributed by atoms with van der Waals surface area (Å²) < 4.78 is 50.7. The maximum absolute atomic E-state index is 13.4. The van der Waals surface area contributed by atoms with E-state index in [1.807, 2.05) is 27.7 Å². The fourth-order valence-electron chi connectivity index (χ4n) is 16.6. The third kappa shape index (κ3) is 37.0. The van der Waals surface area contributed by atoms with Crippen LogP contribution in [0.1, 0.15) is 254 Å². The Bertz CT molecular complexity index is 2150. The fraction of sp³-hybridized carbons (Fsp3) is 0.919. The molecule has 6 aliphatic rings. The van der Waals surface area contributed by atoms with E-state index in [1.54, 1.807) is 14.0 Å². The SMILES string of the molecule is Br.CCCCOC(=O)NC1CCCC(CC2CCCC(NC(=O)OC(C)COCCOC(C)COC(C)COC)C2)C1.CCC[N+](C)(C)CC(COC(=O)NC1CCCC(CC2CCCC(NC(C)=O)C2)C1)OC(=O)CC1CCCC(CC2CCCC(CC(=O)OCC)C2)C1. The minimum Gasteiger partial charge on any atom is -0.466 e. The molecule has 16 atom stereocenters. The van der Waals surface area contributed by atoms with Crippen molar-refractivity contribution in [1.82, 2.24) is 21.3 Å². The van der Waals surface area contributed by atoms with Crippen molar-refractivity contribution in [2.45, 2.75) is 303 Å². The molecule has 0 saturated heterocycles. The maximum atomic E-state index is 13.4. The normalized spacial score (nSPS) is 27.6. The van der Waals surface area contributed by atoms with Crippen LogP contribution in [0, 0.1) is 47.3 Å². The van der Waals surface area contributed by atoms with E-state index in [0.717, 1.165) is 141 Å². The summed E-state index contributed by atoms with van der Waals surface area (Å²) >= 11 is 0. The number of hydrogen-bond donors (Lipinski definition) is 4. The lowest BCUT2D eigenvalue weighted by atomic mass is 9.71. The number of nitrogens with zero attached hydrogens (tertiary/aromatic N) is 1. The van der Waals surface area contributed by atoms with Crippen LogP contribution in [0.4, 0.5) is 14.4 Å². The summed E-state index contributed by atoms with van der Waals surface area (Å²) in [5.74, 6) is 4.28. The molecule has 20 nitrogen and oxygen atoms in total. The Balaban J connectivity index is 0.000000414. The molecule has 552 valence electrons. The van der Waals surface area contributed by atoms with Gasteiger partial charge in [0.15, 0.2) is 6.10 Å². The third-order valence-corrected chi connectivity index (χ3v) is 20.8. The predicted molar refractivity (Wildman–Crippen MR) is 376 cm³/mol. The van der Waals surface area contributed by atoms with Gasteiger partial charge in [-0.3, -0.25) is 14.4 Å². The highest BCUT2D eigenvalue weighted by molar-refractivity contribution is 8.93. The molecule has 0 bridgehead atoms. The minimum atomic E-state index is -0.491. The molecule has 4 N–H and O–H groups in total. The lowest BCUT2D eigenvalue weighted by Crippen LogP contribution is -2.49. The Morgan fingerprint density at radius 1 is 0.453 bits per heavy atom. The Morgan fingerprint density at radius 2 is 0.905 bits per heavy atom. The smallest absolute Gasteiger partial charge is 0.407 e. The van der Waals surface area contributed by atoms with E-state index in [-0.39, 0.29) is 90.1 Å². The largest absolute Gasteiger partial charge is 0.466 e. The quantitative estimate of drug-likeness (QED) is 0.0196. The Morgan fingerprint density at radius 3 is 1.39 bits per heavy atom. The van der Waals surface area contributed by atoms with Gasteiger partial charge >= 0.3 is 30.2 Å². The molecule has 0 spiro atoms. The highest BCUT2D eigenvalue weighted by Gasteiger charge is 2.35. The molecule has 6 rings (SSSR count). The standard InChI is InChI=1S/C43H75N3O7.C31H58N2O8.BrH/c1-6-20-46(4,5)29-40(30-52-43(50)45-39-19-11-17-35(26-39)24-34-16-10-18-38(25-34)44-31(3)47)53-42(49)28-37-15-9-13-33(23-37)21-32-12-8-14-36(22-32)27-41(48)51-7-2;1-6-7-14-39-30(34)32-28-12-8-10-26(18-28)17-27-11-9-13-29(19-27)33-31(35)41-25(4)21-37-15-16-38-24(3)22-40-23(2)20-36-5;/h32-40H,6-30H2,1-5H3,(H-,44,45,47,50);23-29H,6-22H2,1-5H3,(H,32,34)(H,33,35);1H/p+1. The number of esters is 2. The summed E-state index contributed by atoms with van der Waals surface area (Å²) in [5, 5.41) is 12.4. The summed E-state index contributed by atoms with van der Waals surface area (Å²) in [4.78, 5) is 74.8. The van der Waals surface area contributed by atoms with Crippen LogP contribution in [0.15, 0.2) is 0 Å². The van der Waals surface area contributed by atoms with Crippen molar-refractivity contribution in [3.05, 3.63) is 0 Å². The average Bonchev–Trinajstić information content (AvgIpc) is 0.957. The Kier molecular flexibility index (Phi) is 42.0. The van der Waals surface area contributed by atoms with E-state index in [1.165, 1.54) is 57.8 Å². The van der Waals surface area contributed by atoms with Gasteiger partial charge in [-0.2, -0.15) is 0 Å². The number of methoxy groups -OCH3 is 1. The lowest BCUT2D eigenvalue weighted by molar-refractivity contribution is -0.893. The second-order valence-electron chi connectivity index (χ2n) is 30.4. The molecule has 0 radical (unpaired) electrons. The molecule has 21 heteroatoms. The molecular weight excluding hydrogens is 1280 g/mol. The Hall–Kier alpha value is -3.50. The van der Waals surface area contributed by atoms with Crippen molar-refractivity contribution in [2.24, 2.45) is 47.3 Å². The Labute approximate surface area is 584 Å². The number of ether oxygens (including phenoxy) is 9. The summed E-state index contributed by atoms with van der Waals surface area (Å²) in [6, 6.07) is 0.745. The van der Waals surface area contributed by atoms with Crippen molar-refractivity contribution in [2.75, 3.05) is 87.1 Å². The molecule has 4 amide bonds. The number of carbonyl (C=O) groups is 6. The number of amides is 4. The van der Waals surface area contributed by atoms with Gasteiger partial charge in [0.25, 0.3) is 0 Å². The number of carbonyl (C=O) groups excluding carboxylic acids is 6. The van der Waals surface area contributed by atoms with Gasteiger partial charge in [-0.1, -0.05) is 97.3 Å². The van der Waals surface area contributed by atoms with E-state index in [0.29, 0.717) is 124 Å². The average molecular weight is 1410 g/mol. The van der Waals surface area contributed by atoms with Gasteiger partial charge in [-0.05, 0) is 184 Å². The second kappa shape index (κ2) is 47.5. The summed E-state index contributed by atoms with van der Waals surface area (Å²) in [6.07, 6.45) is 32.1. The topological polar surface area (TPSA) is 234 Å². The van der Waals surface area contributed by atoms with Crippen molar-refractivity contribution < 1.29 is 75.9 Å². The number of likely N-dealkylation sites (N-methyl/N-ethyl adjacent to an activating group) is 1. The molecule has 0 heterocycles. The van der Waals surface area contributed by atoms with Crippen molar-refractivity contribution in [1.29, 1.82) is 0 Å². The van der Waals surface area contributed by atoms with Crippen LogP contribution in [-0.2, 0) is 57.0 Å².